The van der Waals surface area contributed by atoms with Crippen molar-refractivity contribution < 1.29 is 0 Å². The van der Waals surface area contributed by atoms with E-state index in [1.54, 1.807) is 0 Å². The first-order chi connectivity index (χ1) is 5.20. The minimum absolute atomic E-state index is 0.916. The van der Waals surface area contributed by atoms with Gasteiger partial charge >= 0.3 is 0 Å². The van der Waals surface area contributed by atoms with Gasteiger partial charge in [0.15, 0.2) is 0 Å². The van der Waals surface area contributed by atoms with Gasteiger partial charge in [-0.2, -0.15) is 0 Å². The summed E-state index contributed by atoms with van der Waals surface area (Å²) in [6, 6.07) is 4.04. The quantitative estimate of drug-likeness (QED) is 0.755. The van der Waals surface area contributed by atoms with Gasteiger partial charge in [-0.25, -0.2) is 0 Å². The van der Waals surface area contributed by atoms with Gasteiger partial charge in [0.05, 0.1) is 5.69 Å². The SMILES string of the molecule is CN(C)Cc1ncccc1I. The second-order valence-corrected chi connectivity index (χ2v) is 3.83. The standard InChI is InChI=1S/C8H11IN2/c1-11(2)6-8-7(9)4-3-5-10-8/h3-5H,6H2,1-2H3. The van der Waals surface area contributed by atoms with Crippen molar-refractivity contribution in [3.63, 3.8) is 0 Å². The Hall–Kier alpha value is -0.160. The van der Waals surface area contributed by atoms with Gasteiger partial charge in [0, 0.05) is 16.3 Å². The van der Waals surface area contributed by atoms with E-state index in [-0.39, 0.29) is 0 Å². The second kappa shape index (κ2) is 4.01. The maximum absolute atomic E-state index is 4.27. The van der Waals surface area contributed by atoms with Crippen LogP contribution in [0.2, 0.25) is 0 Å². The predicted molar refractivity (Wildman–Crippen MR) is 54.3 cm³/mol. The first-order valence-electron chi connectivity index (χ1n) is 3.44. The third-order valence-electron chi connectivity index (χ3n) is 1.30. The molecule has 0 atom stereocenters. The minimum atomic E-state index is 0.916. The van der Waals surface area contributed by atoms with Crippen LogP contribution in [0.15, 0.2) is 18.3 Å². The molecule has 1 rings (SSSR count). The number of aromatic nitrogens is 1. The van der Waals surface area contributed by atoms with E-state index in [9.17, 15) is 0 Å². The van der Waals surface area contributed by atoms with Crippen LogP contribution in [0.3, 0.4) is 0 Å². The fourth-order valence-electron chi connectivity index (χ4n) is 0.834. The van der Waals surface area contributed by atoms with E-state index in [4.69, 9.17) is 0 Å². The van der Waals surface area contributed by atoms with Gasteiger partial charge in [-0.3, -0.25) is 4.98 Å². The van der Waals surface area contributed by atoms with E-state index in [1.807, 2.05) is 26.4 Å². The number of halogens is 1. The lowest BCUT2D eigenvalue weighted by Crippen LogP contribution is -2.12. The van der Waals surface area contributed by atoms with Crippen LogP contribution in [0.1, 0.15) is 5.69 Å². The number of nitrogens with zero attached hydrogens (tertiary/aromatic N) is 2. The molecule has 3 heteroatoms. The van der Waals surface area contributed by atoms with E-state index < -0.39 is 0 Å². The van der Waals surface area contributed by atoms with E-state index in [0.717, 1.165) is 12.2 Å². The molecule has 1 aromatic rings. The van der Waals surface area contributed by atoms with Crippen molar-refractivity contribution in [1.29, 1.82) is 0 Å². The van der Waals surface area contributed by atoms with Crippen molar-refractivity contribution in [2.75, 3.05) is 14.1 Å². The molecule has 0 aliphatic carbocycles. The van der Waals surface area contributed by atoms with Crippen molar-refractivity contribution in [1.82, 2.24) is 9.88 Å². The molecule has 0 N–H and O–H groups in total. The van der Waals surface area contributed by atoms with Crippen molar-refractivity contribution in [2.24, 2.45) is 0 Å². The summed E-state index contributed by atoms with van der Waals surface area (Å²) >= 11 is 2.30. The number of rotatable bonds is 2. The van der Waals surface area contributed by atoms with E-state index in [1.165, 1.54) is 3.57 Å². The summed E-state index contributed by atoms with van der Waals surface area (Å²) in [5.41, 5.74) is 1.15. The summed E-state index contributed by atoms with van der Waals surface area (Å²) in [6.45, 7) is 0.916. The van der Waals surface area contributed by atoms with Crippen LogP contribution in [0.4, 0.5) is 0 Å². The molecule has 0 aliphatic rings. The fourth-order valence-corrected chi connectivity index (χ4v) is 1.35. The number of hydrogen-bond acceptors (Lipinski definition) is 2. The Bertz CT molecular complexity index is 235. The molecule has 0 spiro atoms. The van der Waals surface area contributed by atoms with Crippen LogP contribution >= 0.6 is 22.6 Å². The van der Waals surface area contributed by atoms with Gasteiger partial charge in [-0.15, -0.1) is 0 Å². The molecular formula is C8H11IN2. The Morgan fingerprint density at radius 3 is 2.82 bits per heavy atom. The van der Waals surface area contributed by atoms with Gasteiger partial charge < -0.3 is 4.90 Å². The van der Waals surface area contributed by atoms with Gasteiger partial charge in [-0.1, -0.05) is 0 Å². The molecule has 1 aromatic heterocycles. The molecule has 0 amide bonds. The molecule has 0 bridgehead atoms. The molecule has 0 aliphatic heterocycles. The monoisotopic (exact) mass is 262 g/mol. The van der Waals surface area contributed by atoms with Gasteiger partial charge in [0.2, 0.25) is 0 Å². The van der Waals surface area contributed by atoms with Gasteiger partial charge in [0.1, 0.15) is 0 Å². The van der Waals surface area contributed by atoms with E-state index >= 15 is 0 Å². The number of pyridine rings is 1. The van der Waals surface area contributed by atoms with Crippen LogP contribution in [-0.2, 0) is 6.54 Å². The Labute approximate surface area is 80.8 Å². The van der Waals surface area contributed by atoms with Crippen LogP contribution in [0.25, 0.3) is 0 Å². The van der Waals surface area contributed by atoms with Gasteiger partial charge in [0.25, 0.3) is 0 Å². The zero-order valence-corrected chi connectivity index (χ0v) is 8.87. The van der Waals surface area contributed by atoms with Crippen LogP contribution in [0.5, 0.6) is 0 Å². The fraction of sp³-hybridized carbons (Fsp3) is 0.375. The molecule has 11 heavy (non-hydrogen) atoms. The summed E-state index contributed by atoms with van der Waals surface area (Å²) in [5, 5.41) is 0. The summed E-state index contributed by atoms with van der Waals surface area (Å²) in [6.07, 6.45) is 1.83. The molecule has 0 saturated heterocycles. The number of hydrogen-bond donors (Lipinski definition) is 0. The van der Waals surface area contributed by atoms with Crippen LogP contribution in [0, 0.1) is 3.57 Å². The molecular weight excluding hydrogens is 251 g/mol. The zero-order chi connectivity index (χ0) is 8.27. The minimum Gasteiger partial charge on any atom is -0.304 e. The first-order valence-corrected chi connectivity index (χ1v) is 4.52. The lowest BCUT2D eigenvalue weighted by Gasteiger charge is -2.09. The first kappa shape index (κ1) is 8.93. The molecule has 60 valence electrons. The summed E-state index contributed by atoms with van der Waals surface area (Å²) < 4.78 is 1.24. The molecule has 0 aromatic carbocycles. The molecule has 0 unspecified atom stereocenters. The average molecular weight is 262 g/mol. The third kappa shape index (κ3) is 2.75. The van der Waals surface area contributed by atoms with Crippen LogP contribution < -0.4 is 0 Å². The maximum atomic E-state index is 4.27. The highest BCUT2D eigenvalue weighted by molar-refractivity contribution is 14.1. The molecule has 0 fully saturated rings. The van der Waals surface area contributed by atoms with Crippen LogP contribution in [-0.4, -0.2) is 24.0 Å². The summed E-state index contributed by atoms with van der Waals surface area (Å²) in [7, 11) is 4.09. The predicted octanol–water partition coefficient (Wildman–Crippen LogP) is 1.75. The molecule has 1 heterocycles. The van der Waals surface area contributed by atoms with E-state index in [0.29, 0.717) is 0 Å². The molecule has 0 radical (unpaired) electrons. The average Bonchev–Trinajstić information content (AvgIpc) is 1.93. The maximum Gasteiger partial charge on any atom is 0.0676 e. The Kier molecular flexibility index (Phi) is 3.26. The lowest BCUT2D eigenvalue weighted by molar-refractivity contribution is 0.396. The van der Waals surface area contributed by atoms with Crippen molar-refractivity contribution >= 4 is 22.6 Å². The lowest BCUT2D eigenvalue weighted by atomic mass is 10.3. The highest BCUT2D eigenvalue weighted by atomic mass is 127. The zero-order valence-electron chi connectivity index (χ0n) is 6.71. The Morgan fingerprint density at radius 1 is 1.55 bits per heavy atom. The summed E-state index contributed by atoms with van der Waals surface area (Å²) in [5.74, 6) is 0. The molecule has 2 nitrogen and oxygen atoms in total. The van der Waals surface area contributed by atoms with E-state index in [2.05, 4.69) is 38.5 Å². The highest BCUT2D eigenvalue weighted by Crippen LogP contribution is 2.09. The normalized spacial score (nSPS) is 10.5. The van der Waals surface area contributed by atoms with Crippen molar-refractivity contribution in [3.8, 4) is 0 Å². The third-order valence-corrected chi connectivity index (χ3v) is 2.28. The Balaban J connectivity index is 2.78. The smallest absolute Gasteiger partial charge is 0.0676 e. The highest BCUT2D eigenvalue weighted by Gasteiger charge is 1.99. The Morgan fingerprint density at radius 2 is 2.27 bits per heavy atom. The summed E-state index contributed by atoms with van der Waals surface area (Å²) in [4.78, 5) is 6.38. The molecule has 0 saturated carbocycles. The second-order valence-electron chi connectivity index (χ2n) is 2.67. The van der Waals surface area contributed by atoms with Gasteiger partial charge in [-0.05, 0) is 48.8 Å². The van der Waals surface area contributed by atoms with Crippen molar-refractivity contribution in [2.45, 2.75) is 6.54 Å². The topological polar surface area (TPSA) is 16.1 Å². The van der Waals surface area contributed by atoms with Crippen molar-refractivity contribution in [3.05, 3.63) is 27.6 Å². The largest absolute Gasteiger partial charge is 0.304 e.